The molecule has 1 aromatic carbocycles. The first-order chi connectivity index (χ1) is 7.69. The van der Waals surface area contributed by atoms with Crippen molar-refractivity contribution in [1.82, 2.24) is 5.32 Å². The molecule has 3 atom stereocenters. The first-order valence-corrected chi connectivity index (χ1v) is 6.12. The molecule has 1 nitrogen and oxygen atoms in total. The molecule has 0 aliphatic heterocycles. The Kier molecular flexibility index (Phi) is 5.27. The van der Waals surface area contributed by atoms with E-state index in [1.165, 1.54) is 5.56 Å². The molecule has 0 unspecified atom stereocenters. The van der Waals surface area contributed by atoms with Crippen molar-refractivity contribution in [3.8, 4) is 0 Å². The van der Waals surface area contributed by atoms with Gasteiger partial charge in [-0.1, -0.05) is 50.3 Å². The number of hydrogen-bond acceptors (Lipinski definition) is 1. The zero-order chi connectivity index (χ0) is 12.0. The molecule has 88 valence electrons. The van der Waals surface area contributed by atoms with Gasteiger partial charge in [-0.05, 0) is 24.8 Å². The van der Waals surface area contributed by atoms with Gasteiger partial charge in [0.05, 0.1) is 0 Å². The van der Waals surface area contributed by atoms with Gasteiger partial charge in [0, 0.05) is 12.1 Å². The third kappa shape index (κ3) is 3.49. The van der Waals surface area contributed by atoms with Crippen LogP contribution in [0, 0.1) is 5.92 Å². The smallest absolute Gasteiger partial charge is 0.0294 e. The maximum absolute atomic E-state index is 3.87. The third-order valence-corrected chi connectivity index (χ3v) is 3.21. The average molecular weight is 217 g/mol. The van der Waals surface area contributed by atoms with E-state index in [9.17, 15) is 0 Å². The summed E-state index contributed by atoms with van der Waals surface area (Å²) in [4.78, 5) is 0. The summed E-state index contributed by atoms with van der Waals surface area (Å²) in [6, 6.07) is 11.5. The Hall–Kier alpha value is -1.08. The second-order valence-corrected chi connectivity index (χ2v) is 4.41. The zero-order valence-electron chi connectivity index (χ0n) is 10.6. The van der Waals surface area contributed by atoms with Gasteiger partial charge >= 0.3 is 0 Å². The van der Waals surface area contributed by atoms with Crippen LogP contribution in [0.1, 0.15) is 38.8 Å². The predicted molar refractivity (Wildman–Crippen MR) is 71.4 cm³/mol. The van der Waals surface area contributed by atoms with Crippen LogP contribution in [0.5, 0.6) is 0 Å². The molecule has 0 aromatic heterocycles. The molecular formula is C15H23N. The van der Waals surface area contributed by atoms with Crippen molar-refractivity contribution in [2.75, 3.05) is 0 Å². The van der Waals surface area contributed by atoms with E-state index in [1.54, 1.807) is 0 Å². The lowest BCUT2D eigenvalue weighted by Gasteiger charge is -2.26. The zero-order valence-corrected chi connectivity index (χ0v) is 10.6. The summed E-state index contributed by atoms with van der Waals surface area (Å²) in [6.45, 7) is 10.5. The lowest BCUT2D eigenvalue weighted by molar-refractivity contribution is 0.379. The normalized spacial score (nSPS) is 16.4. The molecule has 0 fully saturated rings. The SMILES string of the molecule is C=C[C@H](C)[C@H](CC)N[C@H](C)c1ccccc1. The maximum atomic E-state index is 3.87. The van der Waals surface area contributed by atoms with E-state index in [0.29, 0.717) is 18.0 Å². The van der Waals surface area contributed by atoms with Crippen LogP contribution in [0.3, 0.4) is 0 Å². The van der Waals surface area contributed by atoms with Gasteiger partial charge in [-0.25, -0.2) is 0 Å². The minimum atomic E-state index is 0.397. The van der Waals surface area contributed by atoms with E-state index >= 15 is 0 Å². The summed E-state index contributed by atoms with van der Waals surface area (Å²) in [7, 11) is 0. The summed E-state index contributed by atoms with van der Waals surface area (Å²) in [5, 5.41) is 3.66. The molecule has 0 bridgehead atoms. The lowest BCUT2D eigenvalue weighted by atomic mass is 9.97. The van der Waals surface area contributed by atoms with Crippen molar-refractivity contribution in [1.29, 1.82) is 0 Å². The van der Waals surface area contributed by atoms with Gasteiger partial charge in [0.2, 0.25) is 0 Å². The second kappa shape index (κ2) is 6.49. The van der Waals surface area contributed by atoms with Crippen molar-refractivity contribution < 1.29 is 0 Å². The highest BCUT2D eigenvalue weighted by molar-refractivity contribution is 5.18. The van der Waals surface area contributed by atoms with Gasteiger partial charge < -0.3 is 5.32 Å². The highest BCUT2D eigenvalue weighted by Gasteiger charge is 2.15. The van der Waals surface area contributed by atoms with E-state index < -0.39 is 0 Å². The molecule has 0 aliphatic rings. The van der Waals surface area contributed by atoms with Crippen molar-refractivity contribution in [2.45, 2.75) is 39.3 Å². The van der Waals surface area contributed by atoms with Crippen LogP contribution in [0.15, 0.2) is 43.0 Å². The first-order valence-electron chi connectivity index (χ1n) is 6.12. The molecule has 0 saturated heterocycles. The molecule has 1 N–H and O–H groups in total. The fraction of sp³-hybridized carbons (Fsp3) is 0.467. The summed E-state index contributed by atoms with van der Waals surface area (Å²) < 4.78 is 0. The molecule has 0 amide bonds. The molecule has 0 radical (unpaired) electrons. The van der Waals surface area contributed by atoms with Crippen molar-refractivity contribution in [3.63, 3.8) is 0 Å². The van der Waals surface area contributed by atoms with Gasteiger partial charge in [-0.2, -0.15) is 0 Å². The van der Waals surface area contributed by atoms with E-state index in [2.05, 4.69) is 63.0 Å². The fourth-order valence-corrected chi connectivity index (χ4v) is 1.96. The van der Waals surface area contributed by atoms with Crippen LogP contribution in [-0.2, 0) is 0 Å². The molecular weight excluding hydrogens is 194 g/mol. The monoisotopic (exact) mass is 217 g/mol. The maximum Gasteiger partial charge on any atom is 0.0294 e. The summed E-state index contributed by atoms with van der Waals surface area (Å²) in [6.07, 6.45) is 3.16. The molecule has 0 aliphatic carbocycles. The highest BCUT2D eigenvalue weighted by Crippen LogP contribution is 2.16. The Balaban J connectivity index is 2.62. The minimum Gasteiger partial charge on any atom is -0.307 e. The van der Waals surface area contributed by atoms with E-state index in [-0.39, 0.29) is 0 Å². The Bertz CT molecular complexity index is 304. The van der Waals surface area contributed by atoms with Gasteiger partial charge in [0.25, 0.3) is 0 Å². The quantitative estimate of drug-likeness (QED) is 0.712. The number of nitrogens with one attached hydrogen (secondary N) is 1. The van der Waals surface area contributed by atoms with Crippen molar-refractivity contribution >= 4 is 0 Å². The third-order valence-electron chi connectivity index (χ3n) is 3.21. The van der Waals surface area contributed by atoms with Crippen LogP contribution in [0.2, 0.25) is 0 Å². The summed E-state index contributed by atoms with van der Waals surface area (Å²) in [5.74, 6) is 0.510. The second-order valence-electron chi connectivity index (χ2n) is 4.41. The number of rotatable bonds is 6. The Morgan fingerprint density at radius 3 is 2.38 bits per heavy atom. The molecule has 1 aromatic rings. The molecule has 0 saturated carbocycles. The van der Waals surface area contributed by atoms with Gasteiger partial charge in [0.15, 0.2) is 0 Å². The van der Waals surface area contributed by atoms with Crippen LogP contribution >= 0.6 is 0 Å². The first kappa shape index (κ1) is 13.0. The molecule has 1 heteroatoms. The van der Waals surface area contributed by atoms with E-state index in [0.717, 1.165) is 6.42 Å². The topological polar surface area (TPSA) is 12.0 Å². The molecule has 0 heterocycles. The van der Waals surface area contributed by atoms with Crippen LogP contribution in [0.4, 0.5) is 0 Å². The van der Waals surface area contributed by atoms with Crippen LogP contribution in [-0.4, -0.2) is 6.04 Å². The average Bonchev–Trinajstić information content (AvgIpc) is 2.35. The van der Waals surface area contributed by atoms with Crippen LogP contribution < -0.4 is 5.32 Å². The van der Waals surface area contributed by atoms with E-state index in [1.807, 2.05) is 6.08 Å². The largest absolute Gasteiger partial charge is 0.307 e. The minimum absolute atomic E-state index is 0.397. The van der Waals surface area contributed by atoms with E-state index in [4.69, 9.17) is 0 Å². The van der Waals surface area contributed by atoms with Gasteiger partial charge in [-0.3, -0.25) is 0 Å². The molecule has 1 rings (SSSR count). The molecule has 16 heavy (non-hydrogen) atoms. The Labute approximate surface area is 99.6 Å². The molecule has 0 spiro atoms. The predicted octanol–water partition coefficient (Wildman–Crippen LogP) is 3.94. The number of hydrogen-bond donors (Lipinski definition) is 1. The fourth-order valence-electron chi connectivity index (χ4n) is 1.96. The Morgan fingerprint density at radius 2 is 1.88 bits per heavy atom. The lowest BCUT2D eigenvalue weighted by Crippen LogP contribution is -2.35. The summed E-state index contributed by atoms with van der Waals surface area (Å²) >= 11 is 0. The van der Waals surface area contributed by atoms with Crippen molar-refractivity contribution in [3.05, 3.63) is 48.6 Å². The highest BCUT2D eigenvalue weighted by atomic mass is 14.9. The van der Waals surface area contributed by atoms with Crippen molar-refractivity contribution in [2.24, 2.45) is 5.92 Å². The van der Waals surface area contributed by atoms with Gasteiger partial charge in [-0.15, -0.1) is 6.58 Å². The standard InChI is InChI=1S/C15H23N/c1-5-12(3)15(6-2)16-13(4)14-10-8-7-9-11-14/h5,7-13,15-16H,1,6H2,2-4H3/t12-,13+,15-/m0/s1. The number of benzene rings is 1. The Morgan fingerprint density at radius 1 is 1.25 bits per heavy atom. The summed E-state index contributed by atoms with van der Waals surface area (Å²) in [5.41, 5.74) is 1.34. The van der Waals surface area contributed by atoms with Gasteiger partial charge in [0.1, 0.15) is 0 Å². The van der Waals surface area contributed by atoms with Crippen LogP contribution in [0.25, 0.3) is 0 Å².